The number of hydrogen-bond donors (Lipinski definition) is 3. The Morgan fingerprint density at radius 1 is 1.23 bits per heavy atom. The molecule has 2 heterocycles. The molecule has 1 atom stereocenters. The fourth-order valence-electron chi connectivity index (χ4n) is 2.49. The topological polar surface area (TPSA) is 124 Å². The van der Waals surface area contributed by atoms with E-state index < -0.39 is 18.0 Å². The largest absolute Gasteiger partial charge is 0.493 e. The van der Waals surface area contributed by atoms with E-state index in [1.165, 1.54) is 6.08 Å². The van der Waals surface area contributed by atoms with Crippen LogP contribution in [0, 0.1) is 3.95 Å². The van der Waals surface area contributed by atoms with Crippen molar-refractivity contribution in [2.75, 3.05) is 0 Å². The van der Waals surface area contributed by atoms with Crippen LogP contribution in [0.2, 0.25) is 0 Å². The van der Waals surface area contributed by atoms with Gasteiger partial charge in [-0.25, -0.2) is 14.8 Å². The summed E-state index contributed by atoms with van der Waals surface area (Å²) in [5.41, 5.74) is 0. The van der Waals surface area contributed by atoms with Crippen molar-refractivity contribution >= 4 is 41.6 Å². The van der Waals surface area contributed by atoms with Gasteiger partial charge in [-0.1, -0.05) is 12.1 Å². The lowest BCUT2D eigenvalue weighted by molar-refractivity contribution is -0.142. The zero-order valence-electron chi connectivity index (χ0n) is 13.2. The van der Waals surface area contributed by atoms with Crippen LogP contribution in [-0.4, -0.2) is 31.8 Å². The zero-order valence-corrected chi connectivity index (χ0v) is 14.8. The molecule has 0 fully saturated rings. The summed E-state index contributed by atoms with van der Waals surface area (Å²) >= 11 is 6.17. The van der Waals surface area contributed by atoms with Crippen molar-refractivity contribution in [2.24, 2.45) is 9.98 Å². The predicted molar refractivity (Wildman–Crippen MR) is 95.1 cm³/mol. The Balaban J connectivity index is 1.99. The van der Waals surface area contributed by atoms with Crippen molar-refractivity contribution in [3.8, 4) is 5.88 Å². The van der Waals surface area contributed by atoms with E-state index in [1.807, 2.05) is 12.1 Å². The summed E-state index contributed by atoms with van der Waals surface area (Å²) in [5.74, 6) is -2.37. The molecule has 0 aliphatic carbocycles. The van der Waals surface area contributed by atoms with Gasteiger partial charge in [-0.05, 0) is 30.8 Å². The van der Waals surface area contributed by atoms with Gasteiger partial charge in [-0.3, -0.25) is 9.36 Å². The number of hydrogen-bond acceptors (Lipinski definition) is 7. The second-order valence-electron chi connectivity index (χ2n) is 5.43. The molecule has 8 nitrogen and oxygen atoms in total. The van der Waals surface area contributed by atoms with Crippen LogP contribution in [0.25, 0.3) is 6.08 Å². The van der Waals surface area contributed by atoms with Gasteiger partial charge in [0.1, 0.15) is 6.04 Å². The van der Waals surface area contributed by atoms with Crippen LogP contribution >= 0.6 is 23.6 Å². The van der Waals surface area contributed by atoms with Gasteiger partial charge in [0, 0.05) is 12.5 Å². The SMILES string of the molecule is O=C(O)CC[C@@H](C(=O)O)n1c(O)c(C=C2N=c3ccccc3=N2)sc1=S. The summed E-state index contributed by atoms with van der Waals surface area (Å²) in [6.07, 6.45) is 0.965. The molecule has 0 radical (unpaired) electrons. The van der Waals surface area contributed by atoms with Crippen molar-refractivity contribution in [2.45, 2.75) is 18.9 Å². The molecule has 1 aliphatic rings. The Kier molecular flexibility index (Phi) is 4.96. The number of nitrogens with zero attached hydrogens (tertiary/aromatic N) is 3. The highest BCUT2D eigenvalue weighted by Crippen LogP contribution is 2.33. The first-order valence-corrected chi connectivity index (χ1v) is 8.72. The Hall–Kier alpha value is -2.85. The molecule has 0 bridgehead atoms. The number of carboxylic acids is 2. The first-order chi connectivity index (χ1) is 12.4. The third-order valence-electron chi connectivity index (χ3n) is 3.68. The van der Waals surface area contributed by atoms with Gasteiger partial charge in [-0.2, -0.15) is 0 Å². The number of carboxylic acid groups (broad SMARTS) is 2. The number of para-hydroxylation sites is 2. The van der Waals surface area contributed by atoms with E-state index in [1.54, 1.807) is 12.1 Å². The predicted octanol–water partition coefficient (Wildman–Crippen LogP) is 1.73. The third kappa shape index (κ3) is 3.55. The minimum absolute atomic E-state index is 0.127. The molecular formula is C16H13N3O5S2. The molecule has 134 valence electrons. The van der Waals surface area contributed by atoms with E-state index >= 15 is 0 Å². The summed E-state index contributed by atoms with van der Waals surface area (Å²) in [7, 11) is 0. The minimum atomic E-state index is -1.27. The zero-order chi connectivity index (χ0) is 18.8. The lowest BCUT2D eigenvalue weighted by Gasteiger charge is -2.14. The summed E-state index contributed by atoms with van der Waals surface area (Å²) in [6, 6.07) is 6.01. The molecule has 2 aromatic rings. The number of carbonyl (C=O) groups is 2. The summed E-state index contributed by atoms with van der Waals surface area (Å²) in [4.78, 5) is 31.2. The highest BCUT2D eigenvalue weighted by atomic mass is 32.1. The molecule has 0 spiro atoms. The maximum atomic E-state index is 11.5. The van der Waals surface area contributed by atoms with Crippen LogP contribution in [-0.2, 0) is 9.59 Å². The molecule has 1 aliphatic heterocycles. The number of thiazole rings is 1. The van der Waals surface area contributed by atoms with Crippen molar-refractivity contribution in [3.63, 3.8) is 0 Å². The average Bonchev–Trinajstić information content (AvgIpc) is 3.09. The Labute approximate surface area is 155 Å². The molecule has 1 aromatic heterocycles. The first-order valence-electron chi connectivity index (χ1n) is 7.50. The maximum absolute atomic E-state index is 11.5. The van der Waals surface area contributed by atoms with Crippen LogP contribution in [0.4, 0.5) is 0 Å². The molecule has 0 saturated carbocycles. The smallest absolute Gasteiger partial charge is 0.326 e. The van der Waals surface area contributed by atoms with E-state index in [0.29, 0.717) is 21.4 Å². The molecule has 26 heavy (non-hydrogen) atoms. The highest BCUT2D eigenvalue weighted by molar-refractivity contribution is 7.73. The first kappa shape index (κ1) is 18.0. The highest BCUT2D eigenvalue weighted by Gasteiger charge is 2.26. The number of aliphatic carboxylic acids is 2. The van der Waals surface area contributed by atoms with Crippen LogP contribution in [0.5, 0.6) is 5.88 Å². The van der Waals surface area contributed by atoms with Gasteiger partial charge >= 0.3 is 11.9 Å². The Morgan fingerprint density at radius 3 is 2.38 bits per heavy atom. The lowest BCUT2D eigenvalue weighted by atomic mass is 10.1. The van der Waals surface area contributed by atoms with Gasteiger partial charge in [0.05, 0.1) is 15.6 Å². The molecule has 3 N–H and O–H groups in total. The van der Waals surface area contributed by atoms with Crippen LogP contribution in [0.3, 0.4) is 0 Å². The number of aromatic nitrogens is 1. The van der Waals surface area contributed by atoms with Crippen LogP contribution < -0.4 is 10.7 Å². The van der Waals surface area contributed by atoms with E-state index in [-0.39, 0.29) is 22.7 Å². The summed E-state index contributed by atoms with van der Waals surface area (Å²) < 4.78 is 1.18. The van der Waals surface area contributed by atoms with Crippen LogP contribution in [0.15, 0.2) is 40.1 Å². The van der Waals surface area contributed by atoms with Crippen LogP contribution in [0.1, 0.15) is 23.8 Å². The number of fused-ring (bicyclic) bond motifs is 1. The maximum Gasteiger partial charge on any atom is 0.326 e. The quantitative estimate of drug-likeness (QED) is 0.644. The molecule has 3 rings (SSSR count). The van der Waals surface area contributed by atoms with Crippen molar-refractivity contribution in [3.05, 3.63) is 49.6 Å². The molecule has 0 saturated heterocycles. The monoisotopic (exact) mass is 391 g/mol. The minimum Gasteiger partial charge on any atom is -0.493 e. The van der Waals surface area contributed by atoms with Gasteiger partial charge < -0.3 is 15.3 Å². The van der Waals surface area contributed by atoms with E-state index in [2.05, 4.69) is 9.98 Å². The van der Waals surface area contributed by atoms with Gasteiger partial charge in [0.15, 0.2) is 9.78 Å². The van der Waals surface area contributed by atoms with Gasteiger partial charge in [0.2, 0.25) is 5.88 Å². The van der Waals surface area contributed by atoms with Crippen molar-refractivity contribution in [1.29, 1.82) is 0 Å². The van der Waals surface area contributed by atoms with Crippen molar-refractivity contribution in [1.82, 2.24) is 4.57 Å². The summed E-state index contributed by atoms with van der Waals surface area (Å²) in [5, 5.41) is 30.0. The van der Waals surface area contributed by atoms with Gasteiger partial charge in [-0.15, -0.1) is 11.3 Å². The Bertz CT molecular complexity index is 1060. The van der Waals surface area contributed by atoms with E-state index in [4.69, 9.17) is 17.3 Å². The molecule has 0 amide bonds. The second-order valence-corrected chi connectivity index (χ2v) is 7.10. The second kappa shape index (κ2) is 7.18. The summed E-state index contributed by atoms with van der Waals surface area (Å²) in [6.45, 7) is 0. The lowest BCUT2D eigenvalue weighted by Crippen LogP contribution is -2.20. The molecule has 0 unspecified atom stereocenters. The number of rotatable bonds is 6. The average molecular weight is 391 g/mol. The van der Waals surface area contributed by atoms with E-state index in [0.717, 1.165) is 15.9 Å². The Morgan fingerprint density at radius 2 is 1.85 bits per heavy atom. The molecule has 10 heteroatoms. The fraction of sp³-hybridized carbons (Fsp3) is 0.188. The standard InChI is InChI=1S/C16H13N3O5S2/c20-13(21)6-5-10(15(23)24)19-14(22)11(26-16(19)25)7-12-17-8-3-1-2-4-9(8)18-12/h1-4,7,10,22H,5-6H2,(H,20,21)(H,23,24)/t10-/m0/s1. The molecule has 1 aromatic carbocycles. The van der Waals surface area contributed by atoms with Crippen molar-refractivity contribution < 1.29 is 24.9 Å². The van der Waals surface area contributed by atoms with Gasteiger partial charge in [0.25, 0.3) is 0 Å². The number of benzene rings is 1. The molecular weight excluding hydrogens is 378 g/mol. The third-order valence-corrected chi connectivity index (χ3v) is 5.02. The number of aromatic hydroxyl groups is 1. The normalized spacial score (nSPS) is 13.5. The fourth-order valence-corrected chi connectivity index (χ4v) is 3.83. The van der Waals surface area contributed by atoms with E-state index in [9.17, 15) is 19.8 Å².